The monoisotopic (exact) mass is 281 g/mol. The molecule has 2 aliphatic rings. The molecule has 4 nitrogen and oxygen atoms in total. The highest BCUT2D eigenvalue weighted by molar-refractivity contribution is 5.68. The van der Waals surface area contributed by atoms with Crippen LogP contribution in [0.1, 0.15) is 46.5 Å². The first kappa shape index (κ1) is 15.4. The van der Waals surface area contributed by atoms with Crippen molar-refractivity contribution in [3.8, 4) is 0 Å². The summed E-state index contributed by atoms with van der Waals surface area (Å²) in [7, 11) is 0. The molecule has 1 amide bonds. The standard InChI is InChI=1S/C16H27NO3/c1-16(2,3)20-15(19)17-10-13(14(18)11-17)9-12-7-5-4-6-8-12/h4-5,12-14,18H,6-11H2,1-3H3/t12?,13-,14-/m1/s1. The molecule has 0 aromatic rings. The summed E-state index contributed by atoms with van der Waals surface area (Å²) in [4.78, 5) is 13.7. The summed E-state index contributed by atoms with van der Waals surface area (Å²) in [5.74, 6) is 0.845. The van der Waals surface area contributed by atoms with Crippen molar-refractivity contribution in [1.29, 1.82) is 0 Å². The number of likely N-dealkylation sites (tertiary alicyclic amines) is 1. The third-order valence-electron chi connectivity index (χ3n) is 4.07. The van der Waals surface area contributed by atoms with Crippen molar-refractivity contribution in [2.24, 2.45) is 11.8 Å². The number of amides is 1. The van der Waals surface area contributed by atoms with Gasteiger partial charge in [-0.25, -0.2) is 4.79 Å². The molecular weight excluding hydrogens is 254 g/mol. The molecule has 0 aromatic carbocycles. The highest BCUT2D eigenvalue weighted by Gasteiger charge is 2.37. The van der Waals surface area contributed by atoms with E-state index < -0.39 is 11.7 Å². The van der Waals surface area contributed by atoms with Crippen LogP contribution in [-0.2, 0) is 4.74 Å². The van der Waals surface area contributed by atoms with Crippen molar-refractivity contribution in [3.63, 3.8) is 0 Å². The number of hydrogen-bond donors (Lipinski definition) is 1. The zero-order valence-electron chi connectivity index (χ0n) is 12.8. The second kappa shape index (κ2) is 6.17. The Morgan fingerprint density at radius 3 is 2.70 bits per heavy atom. The van der Waals surface area contributed by atoms with Crippen LogP contribution in [0.4, 0.5) is 4.79 Å². The molecule has 4 heteroatoms. The van der Waals surface area contributed by atoms with E-state index in [9.17, 15) is 9.90 Å². The van der Waals surface area contributed by atoms with Gasteiger partial charge in [0.05, 0.1) is 12.6 Å². The third-order valence-corrected chi connectivity index (χ3v) is 4.07. The van der Waals surface area contributed by atoms with Gasteiger partial charge in [-0.05, 0) is 52.4 Å². The van der Waals surface area contributed by atoms with E-state index in [1.54, 1.807) is 4.90 Å². The summed E-state index contributed by atoms with van der Waals surface area (Å²) in [6.45, 7) is 6.62. The molecule has 1 fully saturated rings. The van der Waals surface area contributed by atoms with Crippen LogP contribution in [0.3, 0.4) is 0 Å². The summed E-state index contributed by atoms with van der Waals surface area (Å²) in [6.07, 6.45) is 8.21. The molecule has 1 N–H and O–H groups in total. The maximum atomic E-state index is 12.0. The van der Waals surface area contributed by atoms with E-state index in [1.165, 1.54) is 6.42 Å². The quantitative estimate of drug-likeness (QED) is 0.792. The van der Waals surface area contributed by atoms with Crippen LogP contribution >= 0.6 is 0 Å². The van der Waals surface area contributed by atoms with Gasteiger partial charge in [-0.2, -0.15) is 0 Å². The smallest absolute Gasteiger partial charge is 0.410 e. The Balaban J connectivity index is 1.85. The van der Waals surface area contributed by atoms with E-state index in [-0.39, 0.29) is 12.0 Å². The number of ether oxygens (including phenoxy) is 1. The molecule has 3 atom stereocenters. The lowest BCUT2D eigenvalue weighted by atomic mass is 9.85. The Kier molecular flexibility index (Phi) is 4.74. The van der Waals surface area contributed by atoms with Crippen LogP contribution in [0.5, 0.6) is 0 Å². The van der Waals surface area contributed by atoms with Gasteiger partial charge in [0.15, 0.2) is 0 Å². The lowest BCUT2D eigenvalue weighted by molar-refractivity contribution is 0.0269. The summed E-state index contributed by atoms with van der Waals surface area (Å²) in [5.41, 5.74) is -0.478. The second-order valence-corrected chi connectivity index (χ2v) is 7.10. The Labute approximate surface area is 121 Å². The minimum absolute atomic E-state index is 0.194. The normalized spacial score (nSPS) is 30.6. The maximum absolute atomic E-state index is 12.0. The SMILES string of the molecule is CC(C)(C)OC(=O)N1C[C@@H](CC2CC=CCC2)[C@H](O)C1. The van der Waals surface area contributed by atoms with Crippen molar-refractivity contribution in [1.82, 2.24) is 4.90 Å². The first-order chi connectivity index (χ1) is 9.35. The van der Waals surface area contributed by atoms with Gasteiger partial charge in [0, 0.05) is 12.5 Å². The predicted octanol–water partition coefficient (Wildman–Crippen LogP) is 2.96. The molecule has 0 saturated carbocycles. The Bertz CT molecular complexity index is 372. The molecule has 1 unspecified atom stereocenters. The van der Waals surface area contributed by atoms with E-state index >= 15 is 0 Å². The number of aliphatic hydroxyl groups is 1. The summed E-state index contributed by atoms with van der Waals surface area (Å²) in [6, 6.07) is 0. The Morgan fingerprint density at radius 1 is 1.35 bits per heavy atom. The molecule has 0 aromatic heterocycles. The van der Waals surface area contributed by atoms with E-state index in [0.717, 1.165) is 19.3 Å². The first-order valence-electron chi connectivity index (χ1n) is 7.66. The van der Waals surface area contributed by atoms with Crippen LogP contribution in [0.2, 0.25) is 0 Å². The Hall–Kier alpha value is -1.03. The molecule has 0 bridgehead atoms. The van der Waals surface area contributed by atoms with E-state index in [0.29, 0.717) is 19.0 Å². The molecule has 1 aliphatic carbocycles. The number of β-amino-alcohol motifs (C(OH)–C–C–N with tert-alkyl or cyclic N) is 1. The zero-order chi connectivity index (χ0) is 14.8. The highest BCUT2D eigenvalue weighted by Crippen LogP contribution is 2.30. The van der Waals surface area contributed by atoms with Gasteiger partial charge < -0.3 is 14.7 Å². The second-order valence-electron chi connectivity index (χ2n) is 7.10. The Morgan fingerprint density at radius 2 is 2.10 bits per heavy atom. The molecule has 0 radical (unpaired) electrons. The van der Waals surface area contributed by atoms with Gasteiger partial charge in [0.2, 0.25) is 0 Å². The molecule has 2 rings (SSSR count). The number of nitrogens with zero attached hydrogens (tertiary/aromatic N) is 1. The lowest BCUT2D eigenvalue weighted by Crippen LogP contribution is -2.35. The van der Waals surface area contributed by atoms with Crippen LogP contribution in [0.25, 0.3) is 0 Å². The average molecular weight is 281 g/mol. The largest absolute Gasteiger partial charge is 0.444 e. The third kappa shape index (κ3) is 4.23. The number of rotatable bonds is 2. The molecular formula is C16H27NO3. The number of hydrogen-bond acceptors (Lipinski definition) is 3. The van der Waals surface area contributed by atoms with Crippen LogP contribution < -0.4 is 0 Å². The fraction of sp³-hybridized carbons (Fsp3) is 0.812. The van der Waals surface area contributed by atoms with Gasteiger partial charge in [-0.3, -0.25) is 0 Å². The van der Waals surface area contributed by atoms with Crippen molar-refractivity contribution in [2.75, 3.05) is 13.1 Å². The number of carbonyl (C=O) groups excluding carboxylic acids is 1. The van der Waals surface area contributed by atoms with Crippen LogP contribution in [-0.4, -0.2) is 40.9 Å². The number of allylic oxidation sites excluding steroid dienone is 2. The van der Waals surface area contributed by atoms with E-state index in [2.05, 4.69) is 12.2 Å². The van der Waals surface area contributed by atoms with Gasteiger partial charge in [0.25, 0.3) is 0 Å². The minimum Gasteiger partial charge on any atom is -0.444 e. The molecule has 0 spiro atoms. The average Bonchev–Trinajstić information content (AvgIpc) is 2.70. The minimum atomic E-state index is -0.478. The molecule has 1 heterocycles. The van der Waals surface area contributed by atoms with Crippen LogP contribution in [0, 0.1) is 11.8 Å². The number of carbonyl (C=O) groups is 1. The van der Waals surface area contributed by atoms with Crippen molar-refractivity contribution < 1.29 is 14.6 Å². The topological polar surface area (TPSA) is 49.8 Å². The maximum Gasteiger partial charge on any atom is 0.410 e. The van der Waals surface area contributed by atoms with E-state index in [1.807, 2.05) is 20.8 Å². The number of aliphatic hydroxyl groups excluding tert-OH is 1. The van der Waals surface area contributed by atoms with Gasteiger partial charge in [0.1, 0.15) is 5.60 Å². The molecule has 114 valence electrons. The van der Waals surface area contributed by atoms with Crippen molar-refractivity contribution >= 4 is 6.09 Å². The van der Waals surface area contributed by atoms with Gasteiger partial charge >= 0.3 is 6.09 Å². The molecule has 20 heavy (non-hydrogen) atoms. The molecule has 1 aliphatic heterocycles. The van der Waals surface area contributed by atoms with Crippen molar-refractivity contribution in [3.05, 3.63) is 12.2 Å². The lowest BCUT2D eigenvalue weighted by Gasteiger charge is -2.25. The fourth-order valence-electron chi connectivity index (χ4n) is 3.06. The summed E-state index contributed by atoms with van der Waals surface area (Å²) >= 11 is 0. The first-order valence-corrected chi connectivity index (χ1v) is 7.66. The van der Waals surface area contributed by atoms with Crippen molar-refractivity contribution in [2.45, 2.75) is 58.2 Å². The van der Waals surface area contributed by atoms with E-state index in [4.69, 9.17) is 4.74 Å². The summed E-state index contributed by atoms with van der Waals surface area (Å²) < 4.78 is 5.37. The van der Waals surface area contributed by atoms with Gasteiger partial charge in [-0.15, -0.1) is 0 Å². The summed E-state index contributed by atoms with van der Waals surface area (Å²) in [5, 5.41) is 10.2. The predicted molar refractivity (Wildman–Crippen MR) is 78.4 cm³/mol. The zero-order valence-corrected chi connectivity index (χ0v) is 12.8. The molecule has 1 saturated heterocycles. The van der Waals surface area contributed by atoms with Crippen LogP contribution in [0.15, 0.2) is 12.2 Å². The fourth-order valence-corrected chi connectivity index (χ4v) is 3.06. The van der Waals surface area contributed by atoms with Gasteiger partial charge in [-0.1, -0.05) is 12.2 Å². The highest BCUT2D eigenvalue weighted by atomic mass is 16.6.